The number of phosphoric acid groups is 1. The van der Waals surface area contributed by atoms with Gasteiger partial charge in [-0.15, -0.1) is 0 Å². The van der Waals surface area contributed by atoms with Crippen molar-refractivity contribution < 1.29 is 63.1 Å². The molecule has 1 rings (SSSR count). The predicted molar refractivity (Wildman–Crippen MR) is 203 cm³/mol. The van der Waals surface area contributed by atoms with Crippen LogP contribution < -0.4 is 0 Å². The zero-order chi connectivity index (χ0) is 39.3. The van der Waals surface area contributed by atoms with E-state index >= 15 is 0 Å². The van der Waals surface area contributed by atoms with E-state index in [9.17, 15) is 44.6 Å². The maximum absolute atomic E-state index is 12.7. The second-order valence-electron chi connectivity index (χ2n) is 14.9. The van der Waals surface area contributed by atoms with E-state index in [1.807, 2.05) is 0 Å². The van der Waals surface area contributed by atoms with Gasteiger partial charge in [0.2, 0.25) is 0 Å². The number of carbonyl (C=O) groups is 2. The number of hydrogen-bond donors (Lipinski definition) is 6. The number of hydrogen-bond acceptors (Lipinski definition) is 12. The highest BCUT2D eigenvalue weighted by Gasteiger charge is 2.51. The van der Waals surface area contributed by atoms with E-state index in [0.29, 0.717) is 12.8 Å². The molecule has 0 spiro atoms. The minimum absolute atomic E-state index is 0.104. The maximum atomic E-state index is 12.7. The molecule has 1 fully saturated rings. The minimum atomic E-state index is -5.10. The Morgan fingerprint density at radius 1 is 0.509 bits per heavy atom. The number of unbranched alkanes of at least 4 members (excludes halogenated alkanes) is 22. The molecule has 0 amide bonds. The second-order valence-corrected chi connectivity index (χ2v) is 16.3. The molecule has 53 heavy (non-hydrogen) atoms. The van der Waals surface area contributed by atoms with E-state index in [1.54, 1.807) is 0 Å². The lowest BCUT2D eigenvalue weighted by atomic mass is 9.85. The average Bonchev–Trinajstić information content (AvgIpc) is 3.13. The average molecular weight is 783 g/mol. The molecule has 1 aliphatic rings. The van der Waals surface area contributed by atoms with Crippen molar-refractivity contribution >= 4 is 19.8 Å². The lowest BCUT2D eigenvalue weighted by Crippen LogP contribution is -2.64. The van der Waals surface area contributed by atoms with Gasteiger partial charge in [-0.25, -0.2) is 4.57 Å². The fourth-order valence-electron chi connectivity index (χ4n) is 6.52. The number of esters is 2. The number of aliphatic hydroxyl groups excluding tert-OH is 5. The van der Waals surface area contributed by atoms with Crippen LogP contribution in [0.1, 0.15) is 181 Å². The summed E-state index contributed by atoms with van der Waals surface area (Å²) in [7, 11) is -5.10. The molecule has 0 saturated heterocycles. The summed E-state index contributed by atoms with van der Waals surface area (Å²) in [4.78, 5) is 35.4. The van der Waals surface area contributed by atoms with Crippen LogP contribution in [0.4, 0.5) is 0 Å². The Bertz CT molecular complexity index is 954. The number of rotatable bonds is 34. The minimum Gasteiger partial charge on any atom is -0.462 e. The topological polar surface area (TPSA) is 210 Å². The van der Waals surface area contributed by atoms with Crippen molar-refractivity contribution in [3.05, 3.63) is 0 Å². The van der Waals surface area contributed by atoms with Gasteiger partial charge in [0.05, 0.1) is 6.61 Å². The van der Waals surface area contributed by atoms with Crippen molar-refractivity contribution in [3.63, 3.8) is 0 Å². The highest BCUT2D eigenvalue weighted by atomic mass is 31.2. The van der Waals surface area contributed by atoms with E-state index in [1.165, 1.54) is 103 Å². The van der Waals surface area contributed by atoms with Crippen LogP contribution in [0.25, 0.3) is 0 Å². The fourth-order valence-corrected chi connectivity index (χ4v) is 7.50. The van der Waals surface area contributed by atoms with Gasteiger partial charge in [-0.05, 0) is 12.8 Å². The van der Waals surface area contributed by atoms with Gasteiger partial charge in [-0.1, -0.05) is 155 Å². The molecular weight excluding hydrogens is 707 g/mol. The van der Waals surface area contributed by atoms with Crippen molar-refractivity contribution in [1.82, 2.24) is 0 Å². The Morgan fingerprint density at radius 3 is 1.25 bits per heavy atom. The molecule has 1 aliphatic carbocycles. The van der Waals surface area contributed by atoms with Crippen molar-refractivity contribution in [3.8, 4) is 0 Å². The van der Waals surface area contributed by atoms with Crippen LogP contribution in [0.5, 0.6) is 0 Å². The van der Waals surface area contributed by atoms with Crippen LogP contribution in [0, 0.1) is 0 Å². The summed E-state index contributed by atoms with van der Waals surface area (Å²) >= 11 is 0. The van der Waals surface area contributed by atoms with Crippen LogP contribution in [-0.4, -0.2) is 98.3 Å². The van der Waals surface area contributed by atoms with Gasteiger partial charge in [0.25, 0.3) is 0 Å². The van der Waals surface area contributed by atoms with Gasteiger partial charge in [0.15, 0.2) is 6.10 Å². The molecular formula is C39H75O13P. The third-order valence-corrected chi connectivity index (χ3v) is 10.9. The SMILES string of the molecule is CCCCCCCCCCCCCCCCCC(=O)O[C@H](COC(=O)CCCCCCCCCCC)COP(=O)(O)OC1C(O)C(O)C(O)[C@H](O)C1O. The first-order chi connectivity index (χ1) is 25.4. The second kappa shape index (κ2) is 31.0. The van der Waals surface area contributed by atoms with Crippen molar-refractivity contribution in [1.29, 1.82) is 0 Å². The monoisotopic (exact) mass is 782 g/mol. The van der Waals surface area contributed by atoms with Crippen LogP contribution in [0.15, 0.2) is 0 Å². The Hall–Kier alpha value is -1.15. The molecule has 6 N–H and O–H groups in total. The van der Waals surface area contributed by atoms with E-state index < -0.39 is 75.7 Å². The lowest BCUT2D eigenvalue weighted by molar-refractivity contribution is -0.220. The highest BCUT2D eigenvalue weighted by molar-refractivity contribution is 7.47. The van der Waals surface area contributed by atoms with E-state index in [0.717, 1.165) is 38.5 Å². The van der Waals surface area contributed by atoms with Crippen LogP contribution in [0.3, 0.4) is 0 Å². The smallest absolute Gasteiger partial charge is 0.462 e. The van der Waals surface area contributed by atoms with Crippen molar-refractivity contribution in [2.75, 3.05) is 13.2 Å². The van der Waals surface area contributed by atoms with Gasteiger partial charge in [-0.2, -0.15) is 0 Å². The van der Waals surface area contributed by atoms with Gasteiger partial charge >= 0.3 is 19.8 Å². The largest absolute Gasteiger partial charge is 0.472 e. The molecule has 0 aromatic rings. The number of aliphatic hydroxyl groups is 5. The molecule has 8 atom stereocenters. The summed E-state index contributed by atoms with van der Waals surface area (Å²) in [6.07, 6.45) is 14.7. The first-order valence-corrected chi connectivity index (χ1v) is 22.3. The first kappa shape index (κ1) is 49.9. The van der Waals surface area contributed by atoms with Crippen LogP contribution in [0.2, 0.25) is 0 Å². The van der Waals surface area contributed by atoms with E-state index in [4.69, 9.17) is 18.5 Å². The van der Waals surface area contributed by atoms with Crippen molar-refractivity contribution in [2.24, 2.45) is 0 Å². The summed E-state index contributed by atoms with van der Waals surface area (Å²) in [6, 6.07) is 0. The normalized spacial score (nSPS) is 23.4. The molecule has 13 nitrogen and oxygen atoms in total. The lowest BCUT2D eigenvalue weighted by Gasteiger charge is -2.41. The highest BCUT2D eigenvalue weighted by Crippen LogP contribution is 2.47. The Labute approximate surface area is 319 Å². The Morgan fingerprint density at radius 2 is 0.849 bits per heavy atom. The number of ether oxygens (including phenoxy) is 2. The molecule has 0 aromatic carbocycles. The number of carbonyl (C=O) groups excluding carboxylic acids is 2. The standard InChI is InChI=1S/C39H75O13P/c1-3-5-7-9-11-13-14-15-16-17-18-20-22-24-26-28-33(41)51-31(29-49-32(40)27-25-23-21-19-12-10-8-6-4-2)30-50-53(47,48)52-39-37(45)35(43)34(42)36(44)38(39)46/h31,34-39,42-46H,3-30H2,1-2H3,(H,47,48)/t31-,34?,35+,36?,37?,38?,39?/m1/s1. The molecule has 0 heterocycles. The quantitative estimate of drug-likeness (QED) is 0.0222. The Kier molecular flexibility index (Phi) is 29.2. The molecule has 0 radical (unpaired) electrons. The van der Waals surface area contributed by atoms with Crippen LogP contribution >= 0.6 is 7.82 Å². The summed E-state index contributed by atoms with van der Waals surface area (Å²) in [5, 5.41) is 49.9. The maximum Gasteiger partial charge on any atom is 0.472 e. The van der Waals surface area contributed by atoms with E-state index in [2.05, 4.69) is 13.8 Å². The van der Waals surface area contributed by atoms with Gasteiger partial charge in [-0.3, -0.25) is 18.6 Å². The molecule has 6 unspecified atom stereocenters. The molecule has 0 bridgehead atoms. The molecule has 0 aromatic heterocycles. The molecule has 1 saturated carbocycles. The predicted octanol–water partition coefficient (Wildman–Crippen LogP) is 6.94. The van der Waals surface area contributed by atoms with Gasteiger partial charge < -0.3 is 39.9 Å². The summed E-state index contributed by atoms with van der Waals surface area (Å²) in [5.74, 6) is -1.09. The molecule has 14 heteroatoms. The third kappa shape index (κ3) is 24.2. The molecule has 0 aliphatic heterocycles. The zero-order valence-electron chi connectivity index (χ0n) is 32.8. The first-order valence-electron chi connectivity index (χ1n) is 20.8. The summed E-state index contributed by atoms with van der Waals surface area (Å²) < 4.78 is 33.4. The van der Waals surface area contributed by atoms with Gasteiger partial charge in [0, 0.05) is 12.8 Å². The number of phosphoric ester groups is 1. The zero-order valence-corrected chi connectivity index (χ0v) is 33.7. The summed E-state index contributed by atoms with van der Waals surface area (Å²) in [5.41, 5.74) is 0. The van der Waals surface area contributed by atoms with E-state index in [-0.39, 0.29) is 12.8 Å². The van der Waals surface area contributed by atoms with Gasteiger partial charge in [0.1, 0.15) is 43.2 Å². The Balaban J connectivity index is 2.49. The summed E-state index contributed by atoms with van der Waals surface area (Å²) in [6.45, 7) is 3.26. The third-order valence-electron chi connectivity index (χ3n) is 9.95. The van der Waals surface area contributed by atoms with Crippen LogP contribution in [-0.2, 0) is 32.7 Å². The fraction of sp³-hybridized carbons (Fsp3) is 0.949. The molecule has 314 valence electrons. The van der Waals surface area contributed by atoms with Crippen molar-refractivity contribution in [2.45, 2.75) is 224 Å².